The van der Waals surface area contributed by atoms with Gasteiger partial charge in [0.2, 0.25) is 10.1 Å². The molecule has 3 N–H and O–H groups in total. The molecule has 0 saturated heterocycles. The van der Waals surface area contributed by atoms with Crippen molar-refractivity contribution >= 4 is 22.4 Å². The number of nitrogens with zero attached hydrogens (tertiary/aromatic N) is 2. The van der Waals surface area contributed by atoms with E-state index in [2.05, 4.69) is 29.4 Å². The second kappa shape index (κ2) is 6.42. The van der Waals surface area contributed by atoms with Crippen LogP contribution in [-0.4, -0.2) is 22.6 Å². The minimum absolute atomic E-state index is 0.182. The first-order chi connectivity index (χ1) is 7.59. The first-order valence-electron chi connectivity index (χ1n) is 5.46. The van der Waals surface area contributed by atoms with E-state index in [-0.39, 0.29) is 5.91 Å². The molecule has 0 aliphatic carbocycles. The molecule has 1 rings (SSSR count). The van der Waals surface area contributed by atoms with E-state index in [1.165, 1.54) is 6.42 Å². The predicted octanol–water partition coefficient (Wildman–Crippen LogP) is 1.68. The molecule has 90 valence electrons. The Hall–Kier alpha value is -1.17. The largest absolute Gasteiger partial charge is 0.374 e. The van der Waals surface area contributed by atoms with Gasteiger partial charge in [0.25, 0.3) is 5.91 Å². The predicted molar refractivity (Wildman–Crippen MR) is 65.3 cm³/mol. The number of amides is 1. The SMILES string of the molecule is CC(C)CCCCNC(=O)c1nnc(N)s1. The Morgan fingerprint density at radius 2 is 2.19 bits per heavy atom. The highest BCUT2D eigenvalue weighted by Gasteiger charge is 2.10. The third-order valence-corrected chi connectivity index (χ3v) is 2.88. The molecule has 6 heteroatoms. The van der Waals surface area contributed by atoms with Crippen LogP contribution in [0.4, 0.5) is 5.13 Å². The summed E-state index contributed by atoms with van der Waals surface area (Å²) in [6.07, 6.45) is 3.33. The molecule has 0 atom stereocenters. The first-order valence-corrected chi connectivity index (χ1v) is 6.28. The van der Waals surface area contributed by atoms with Crippen molar-refractivity contribution in [3.63, 3.8) is 0 Å². The second-order valence-electron chi connectivity index (χ2n) is 4.09. The van der Waals surface area contributed by atoms with Crippen molar-refractivity contribution in [1.82, 2.24) is 15.5 Å². The number of aromatic nitrogens is 2. The Labute approximate surface area is 99.5 Å². The normalized spacial score (nSPS) is 10.7. The van der Waals surface area contributed by atoms with E-state index in [4.69, 9.17) is 5.73 Å². The van der Waals surface area contributed by atoms with Crippen LogP contribution in [0.25, 0.3) is 0 Å². The highest BCUT2D eigenvalue weighted by atomic mass is 32.1. The summed E-state index contributed by atoms with van der Waals surface area (Å²) in [4.78, 5) is 11.5. The monoisotopic (exact) mass is 242 g/mol. The number of hydrogen-bond acceptors (Lipinski definition) is 5. The summed E-state index contributed by atoms with van der Waals surface area (Å²) in [5, 5.41) is 10.7. The molecule has 5 nitrogen and oxygen atoms in total. The lowest BCUT2D eigenvalue weighted by atomic mass is 10.1. The van der Waals surface area contributed by atoms with Crippen LogP contribution in [-0.2, 0) is 0 Å². The molecule has 1 amide bonds. The minimum atomic E-state index is -0.182. The summed E-state index contributed by atoms with van der Waals surface area (Å²) in [5.41, 5.74) is 5.39. The quantitative estimate of drug-likeness (QED) is 0.744. The van der Waals surface area contributed by atoms with E-state index in [9.17, 15) is 4.79 Å². The maximum atomic E-state index is 11.5. The van der Waals surface area contributed by atoms with Crippen molar-refractivity contribution < 1.29 is 4.79 Å². The molecule has 0 fully saturated rings. The molecule has 0 radical (unpaired) electrons. The van der Waals surface area contributed by atoms with Gasteiger partial charge in [0.15, 0.2) is 0 Å². The summed E-state index contributed by atoms with van der Waals surface area (Å²) < 4.78 is 0. The number of hydrogen-bond donors (Lipinski definition) is 2. The van der Waals surface area contributed by atoms with Crippen LogP contribution in [0.2, 0.25) is 0 Å². The molecule has 1 heterocycles. The third-order valence-electron chi connectivity index (χ3n) is 2.13. The lowest BCUT2D eigenvalue weighted by Crippen LogP contribution is -2.24. The van der Waals surface area contributed by atoms with E-state index in [1.807, 2.05) is 0 Å². The summed E-state index contributed by atoms with van der Waals surface area (Å²) in [5.74, 6) is 0.539. The van der Waals surface area contributed by atoms with Gasteiger partial charge in [-0.05, 0) is 12.3 Å². The number of nitrogens with two attached hydrogens (primary N) is 1. The number of carbonyl (C=O) groups is 1. The van der Waals surface area contributed by atoms with Gasteiger partial charge in [0.1, 0.15) is 0 Å². The van der Waals surface area contributed by atoms with Crippen molar-refractivity contribution in [3.05, 3.63) is 5.01 Å². The molecule has 1 aromatic rings. The van der Waals surface area contributed by atoms with Gasteiger partial charge in [-0.1, -0.05) is 38.0 Å². The molecule has 0 spiro atoms. The average molecular weight is 242 g/mol. The Morgan fingerprint density at radius 3 is 2.75 bits per heavy atom. The number of carbonyl (C=O) groups excluding carboxylic acids is 1. The van der Waals surface area contributed by atoms with Crippen LogP contribution in [0, 0.1) is 5.92 Å². The van der Waals surface area contributed by atoms with Gasteiger partial charge in [-0.3, -0.25) is 4.79 Å². The smallest absolute Gasteiger partial charge is 0.282 e. The minimum Gasteiger partial charge on any atom is -0.374 e. The van der Waals surface area contributed by atoms with Crippen LogP contribution in [0.1, 0.15) is 42.9 Å². The van der Waals surface area contributed by atoms with Gasteiger partial charge < -0.3 is 11.1 Å². The first kappa shape index (κ1) is 12.9. The number of rotatable bonds is 6. The van der Waals surface area contributed by atoms with Crippen molar-refractivity contribution in [2.24, 2.45) is 5.92 Å². The fourth-order valence-corrected chi connectivity index (χ4v) is 1.81. The van der Waals surface area contributed by atoms with Gasteiger partial charge in [0.05, 0.1) is 0 Å². The molecule has 0 unspecified atom stereocenters. The van der Waals surface area contributed by atoms with E-state index in [0.717, 1.165) is 30.1 Å². The lowest BCUT2D eigenvalue weighted by Gasteiger charge is -2.04. The van der Waals surface area contributed by atoms with Crippen molar-refractivity contribution in [3.8, 4) is 0 Å². The number of unbranched alkanes of at least 4 members (excludes halogenated alkanes) is 1. The molecule has 0 aromatic carbocycles. The molecule has 16 heavy (non-hydrogen) atoms. The van der Waals surface area contributed by atoms with Gasteiger partial charge in [0, 0.05) is 6.54 Å². The van der Waals surface area contributed by atoms with E-state index < -0.39 is 0 Å². The van der Waals surface area contributed by atoms with E-state index in [1.54, 1.807) is 0 Å². The van der Waals surface area contributed by atoms with E-state index in [0.29, 0.717) is 16.7 Å². The molecule has 0 aliphatic heterocycles. The third kappa shape index (κ3) is 4.57. The zero-order valence-corrected chi connectivity index (χ0v) is 10.5. The Bertz CT molecular complexity index is 337. The molecular formula is C10H18N4OS. The molecule has 0 aliphatic rings. The number of anilines is 1. The lowest BCUT2D eigenvalue weighted by molar-refractivity contribution is 0.0952. The Kier molecular flexibility index (Phi) is 5.18. The fourth-order valence-electron chi connectivity index (χ4n) is 1.28. The van der Waals surface area contributed by atoms with Crippen LogP contribution in [0.5, 0.6) is 0 Å². The van der Waals surface area contributed by atoms with E-state index >= 15 is 0 Å². The topological polar surface area (TPSA) is 80.9 Å². The van der Waals surface area contributed by atoms with Crippen molar-refractivity contribution in [1.29, 1.82) is 0 Å². The highest BCUT2D eigenvalue weighted by Crippen LogP contribution is 2.10. The van der Waals surface area contributed by atoms with Gasteiger partial charge in [-0.2, -0.15) is 0 Å². The highest BCUT2D eigenvalue weighted by molar-refractivity contribution is 7.16. The number of nitrogen functional groups attached to an aromatic ring is 1. The second-order valence-corrected chi connectivity index (χ2v) is 5.10. The summed E-state index contributed by atoms with van der Waals surface area (Å²) in [6, 6.07) is 0. The van der Waals surface area contributed by atoms with Crippen LogP contribution < -0.4 is 11.1 Å². The maximum Gasteiger partial charge on any atom is 0.282 e. The Balaban J connectivity index is 2.16. The molecule has 0 saturated carbocycles. The summed E-state index contributed by atoms with van der Waals surface area (Å²) in [6.45, 7) is 5.08. The number of nitrogens with one attached hydrogen (secondary N) is 1. The van der Waals surface area contributed by atoms with Gasteiger partial charge >= 0.3 is 0 Å². The zero-order valence-electron chi connectivity index (χ0n) is 9.69. The standard InChI is InChI=1S/C10H18N4OS/c1-7(2)5-3-4-6-12-8(15)9-13-14-10(11)16-9/h7H,3-6H2,1-2H3,(H2,11,14)(H,12,15). The van der Waals surface area contributed by atoms with Gasteiger partial charge in [-0.15, -0.1) is 10.2 Å². The average Bonchev–Trinajstić information content (AvgIpc) is 2.63. The van der Waals surface area contributed by atoms with Crippen molar-refractivity contribution in [2.75, 3.05) is 12.3 Å². The Morgan fingerprint density at radius 1 is 1.44 bits per heavy atom. The zero-order chi connectivity index (χ0) is 12.0. The van der Waals surface area contributed by atoms with Gasteiger partial charge in [-0.25, -0.2) is 0 Å². The molecule has 0 bridgehead atoms. The summed E-state index contributed by atoms with van der Waals surface area (Å²) >= 11 is 1.11. The molecular weight excluding hydrogens is 224 g/mol. The van der Waals surface area contributed by atoms with Crippen LogP contribution >= 0.6 is 11.3 Å². The summed E-state index contributed by atoms with van der Waals surface area (Å²) in [7, 11) is 0. The molecule has 1 aromatic heterocycles. The van der Waals surface area contributed by atoms with Crippen LogP contribution in [0.3, 0.4) is 0 Å². The van der Waals surface area contributed by atoms with Crippen LogP contribution in [0.15, 0.2) is 0 Å². The van der Waals surface area contributed by atoms with Crippen molar-refractivity contribution in [2.45, 2.75) is 33.1 Å². The maximum absolute atomic E-state index is 11.5. The fraction of sp³-hybridized carbons (Fsp3) is 0.700.